The molecule has 0 aliphatic rings. The van der Waals surface area contributed by atoms with Gasteiger partial charge in [-0.1, -0.05) is 17.7 Å². The Hall–Kier alpha value is -3.24. The Balaban J connectivity index is 1.60. The number of aromatic nitrogens is 4. The number of nitrogens with one attached hydrogen (secondary N) is 1. The van der Waals surface area contributed by atoms with Crippen LogP contribution in [0.2, 0.25) is 5.02 Å². The first-order valence-electron chi connectivity index (χ1n) is 7.45. The van der Waals surface area contributed by atoms with Crippen molar-refractivity contribution in [3.8, 4) is 17.3 Å². The molecule has 3 aromatic rings. The van der Waals surface area contributed by atoms with E-state index in [0.29, 0.717) is 23.7 Å². The molecular weight excluding hydrogens is 340 g/mol. The largest absolute Gasteiger partial charge is 0.349 e. The van der Waals surface area contributed by atoms with E-state index >= 15 is 0 Å². The van der Waals surface area contributed by atoms with E-state index in [1.807, 2.05) is 18.3 Å². The SMILES string of the molecule is N#Cc1ccc(-c2ccn(CCNC(=O)c3cnccn3)n2)cc1Cl. The summed E-state index contributed by atoms with van der Waals surface area (Å²) in [5, 5.41) is 16.5. The molecule has 25 heavy (non-hydrogen) atoms. The summed E-state index contributed by atoms with van der Waals surface area (Å²) in [5.41, 5.74) is 2.27. The summed E-state index contributed by atoms with van der Waals surface area (Å²) >= 11 is 6.05. The number of carbonyl (C=O) groups excluding carboxylic acids is 1. The highest BCUT2D eigenvalue weighted by atomic mass is 35.5. The van der Waals surface area contributed by atoms with Gasteiger partial charge in [-0.15, -0.1) is 0 Å². The lowest BCUT2D eigenvalue weighted by atomic mass is 10.1. The van der Waals surface area contributed by atoms with Crippen LogP contribution >= 0.6 is 11.6 Å². The molecule has 8 heteroatoms. The number of nitriles is 1. The summed E-state index contributed by atoms with van der Waals surface area (Å²) < 4.78 is 1.72. The smallest absolute Gasteiger partial charge is 0.271 e. The van der Waals surface area contributed by atoms with Crippen LogP contribution in [-0.2, 0) is 6.54 Å². The summed E-state index contributed by atoms with van der Waals surface area (Å²) in [6.07, 6.45) is 6.21. The van der Waals surface area contributed by atoms with Crippen molar-refractivity contribution in [2.75, 3.05) is 6.54 Å². The Bertz CT molecular complexity index is 932. The van der Waals surface area contributed by atoms with E-state index in [9.17, 15) is 4.79 Å². The van der Waals surface area contributed by atoms with Gasteiger partial charge in [-0.05, 0) is 18.2 Å². The molecule has 0 fully saturated rings. The third-order valence-corrected chi connectivity index (χ3v) is 3.76. The van der Waals surface area contributed by atoms with E-state index in [-0.39, 0.29) is 11.6 Å². The van der Waals surface area contributed by atoms with Gasteiger partial charge in [-0.25, -0.2) is 4.98 Å². The molecule has 0 aliphatic carbocycles. The fourth-order valence-corrected chi connectivity index (χ4v) is 2.42. The molecule has 0 spiro atoms. The van der Waals surface area contributed by atoms with Crippen LogP contribution in [0.25, 0.3) is 11.3 Å². The molecule has 0 bridgehead atoms. The van der Waals surface area contributed by atoms with Gasteiger partial charge < -0.3 is 5.32 Å². The highest BCUT2D eigenvalue weighted by molar-refractivity contribution is 6.32. The molecule has 0 aliphatic heterocycles. The van der Waals surface area contributed by atoms with Gasteiger partial charge in [0, 0.05) is 30.7 Å². The van der Waals surface area contributed by atoms with Crippen LogP contribution in [0.1, 0.15) is 16.1 Å². The number of carbonyl (C=O) groups is 1. The summed E-state index contributed by atoms with van der Waals surface area (Å²) in [5.74, 6) is -0.278. The van der Waals surface area contributed by atoms with Crippen LogP contribution in [0.3, 0.4) is 0 Å². The van der Waals surface area contributed by atoms with Crippen LogP contribution in [0.15, 0.2) is 49.1 Å². The topological polar surface area (TPSA) is 96.5 Å². The minimum absolute atomic E-state index is 0.274. The van der Waals surface area contributed by atoms with Crippen molar-refractivity contribution in [1.29, 1.82) is 5.26 Å². The number of nitrogens with zero attached hydrogens (tertiary/aromatic N) is 5. The summed E-state index contributed by atoms with van der Waals surface area (Å²) in [6, 6.07) is 9.05. The third kappa shape index (κ3) is 4.00. The van der Waals surface area contributed by atoms with Gasteiger partial charge in [0.05, 0.1) is 29.0 Å². The van der Waals surface area contributed by atoms with E-state index in [2.05, 4.69) is 20.4 Å². The van der Waals surface area contributed by atoms with E-state index in [4.69, 9.17) is 16.9 Å². The molecule has 124 valence electrons. The molecule has 3 rings (SSSR count). The monoisotopic (exact) mass is 352 g/mol. The summed E-state index contributed by atoms with van der Waals surface area (Å²) in [6.45, 7) is 0.917. The number of rotatable bonds is 5. The fourth-order valence-electron chi connectivity index (χ4n) is 2.20. The maximum absolute atomic E-state index is 11.9. The lowest BCUT2D eigenvalue weighted by Gasteiger charge is -2.05. The van der Waals surface area contributed by atoms with E-state index < -0.39 is 0 Å². The first kappa shape index (κ1) is 16.6. The molecule has 1 N–H and O–H groups in total. The molecule has 0 unspecified atom stereocenters. The standard InChI is InChI=1S/C17H13ClN6O/c18-14-9-12(1-2-13(14)10-19)15-3-7-24(23-15)8-6-22-17(25)16-11-20-4-5-21-16/h1-5,7,9,11H,6,8H2,(H,22,25). The Labute approximate surface area is 148 Å². The quantitative estimate of drug-likeness (QED) is 0.760. The zero-order valence-electron chi connectivity index (χ0n) is 13.1. The van der Waals surface area contributed by atoms with Gasteiger partial charge in [-0.2, -0.15) is 10.4 Å². The van der Waals surface area contributed by atoms with Crippen molar-refractivity contribution >= 4 is 17.5 Å². The third-order valence-electron chi connectivity index (χ3n) is 3.45. The molecule has 2 heterocycles. The molecule has 1 amide bonds. The van der Waals surface area contributed by atoms with Crippen LogP contribution in [0, 0.1) is 11.3 Å². The number of hydrogen-bond acceptors (Lipinski definition) is 5. The first-order valence-corrected chi connectivity index (χ1v) is 7.83. The Kier molecular flexibility index (Phi) is 5.02. The van der Waals surface area contributed by atoms with Gasteiger partial charge in [0.15, 0.2) is 0 Å². The molecule has 0 saturated heterocycles. The van der Waals surface area contributed by atoms with Crippen LogP contribution in [0.4, 0.5) is 0 Å². The zero-order valence-corrected chi connectivity index (χ0v) is 13.8. The summed E-state index contributed by atoms with van der Waals surface area (Å²) in [4.78, 5) is 19.7. The van der Waals surface area contributed by atoms with Gasteiger partial charge in [-0.3, -0.25) is 14.5 Å². The van der Waals surface area contributed by atoms with E-state index in [1.54, 1.807) is 22.9 Å². The predicted octanol–water partition coefficient (Wildman–Crippen LogP) is 2.30. The Morgan fingerprint density at radius 1 is 1.32 bits per heavy atom. The van der Waals surface area contributed by atoms with E-state index in [1.165, 1.54) is 18.6 Å². The van der Waals surface area contributed by atoms with Crippen molar-refractivity contribution in [3.63, 3.8) is 0 Å². The van der Waals surface area contributed by atoms with Gasteiger partial charge >= 0.3 is 0 Å². The molecule has 1 aromatic carbocycles. The normalized spacial score (nSPS) is 10.2. The van der Waals surface area contributed by atoms with Crippen LogP contribution in [-0.4, -0.2) is 32.2 Å². The second-order valence-electron chi connectivity index (χ2n) is 5.12. The number of hydrogen-bond donors (Lipinski definition) is 1. The minimum Gasteiger partial charge on any atom is -0.349 e. The lowest BCUT2D eigenvalue weighted by Crippen LogP contribution is -2.28. The lowest BCUT2D eigenvalue weighted by molar-refractivity contribution is 0.0946. The van der Waals surface area contributed by atoms with Crippen LogP contribution in [0.5, 0.6) is 0 Å². The maximum atomic E-state index is 11.9. The maximum Gasteiger partial charge on any atom is 0.271 e. The van der Waals surface area contributed by atoms with Crippen molar-refractivity contribution in [3.05, 3.63) is 65.3 Å². The van der Waals surface area contributed by atoms with Crippen LogP contribution < -0.4 is 5.32 Å². The van der Waals surface area contributed by atoms with Gasteiger partial charge in [0.2, 0.25) is 0 Å². The first-order chi connectivity index (χ1) is 12.2. The molecule has 0 radical (unpaired) electrons. The van der Waals surface area contributed by atoms with Crippen molar-refractivity contribution < 1.29 is 4.79 Å². The fraction of sp³-hybridized carbons (Fsp3) is 0.118. The second kappa shape index (κ2) is 7.55. The number of benzene rings is 1. The molecular formula is C17H13ClN6O. The molecule has 2 aromatic heterocycles. The molecule has 0 atom stereocenters. The predicted molar refractivity (Wildman–Crippen MR) is 91.8 cm³/mol. The average molecular weight is 353 g/mol. The molecule has 0 saturated carbocycles. The zero-order chi connectivity index (χ0) is 17.6. The highest BCUT2D eigenvalue weighted by Gasteiger charge is 2.08. The van der Waals surface area contributed by atoms with Crippen molar-refractivity contribution in [2.24, 2.45) is 0 Å². The highest BCUT2D eigenvalue weighted by Crippen LogP contribution is 2.23. The number of amides is 1. The molecule has 7 nitrogen and oxygen atoms in total. The Morgan fingerprint density at radius 3 is 2.92 bits per heavy atom. The van der Waals surface area contributed by atoms with Gasteiger partial charge in [0.1, 0.15) is 11.8 Å². The summed E-state index contributed by atoms with van der Waals surface area (Å²) in [7, 11) is 0. The van der Waals surface area contributed by atoms with E-state index in [0.717, 1.165) is 11.3 Å². The van der Waals surface area contributed by atoms with Crippen molar-refractivity contribution in [2.45, 2.75) is 6.54 Å². The van der Waals surface area contributed by atoms with Gasteiger partial charge in [0.25, 0.3) is 5.91 Å². The van der Waals surface area contributed by atoms with Crippen molar-refractivity contribution in [1.82, 2.24) is 25.1 Å². The second-order valence-corrected chi connectivity index (χ2v) is 5.52. The number of halogens is 1. The minimum atomic E-state index is -0.278. The average Bonchev–Trinajstić information content (AvgIpc) is 3.11. The Morgan fingerprint density at radius 2 is 2.20 bits per heavy atom.